The fraction of sp³-hybridized carbons (Fsp3) is 0.571. The van der Waals surface area contributed by atoms with Crippen LogP contribution in [0.2, 0.25) is 5.02 Å². The highest BCUT2D eigenvalue weighted by molar-refractivity contribution is 6.30. The number of nitrogens with zero attached hydrogens (tertiary/aromatic N) is 1. The first-order chi connectivity index (χ1) is 8.20. The number of hydrogen-bond acceptors (Lipinski definition) is 2. The van der Waals surface area contributed by atoms with Gasteiger partial charge in [0.1, 0.15) is 0 Å². The van der Waals surface area contributed by atoms with Crippen molar-refractivity contribution in [3.8, 4) is 0 Å². The Kier molecular flexibility index (Phi) is 4.43. The topological polar surface area (TPSA) is 29.3 Å². The molecule has 3 heteroatoms. The van der Waals surface area contributed by atoms with Crippen LogP contribution in [0.25, 0.3) is 0 Å². The van der Waals surface area contributed by atoms with Crippen LogP contribution < -0.4 is 5.73 Å². The standard InChI is InChI=1S/C14H21ClN2/c1-11-4-3-7-17(10-11)14(9-16)12-5-2-6-13(15)8-12/h2,5-6,8,11,14H,3-4,7,9-10,16H2,1H3/t11-,14+/m1/s1. The van der Waals surface area contributed by atoms with Gasteiger partial charge in [0.15, 0.2) is 0 Å². The molecule has 0 radical (unpaired) electrons. The summed E-state index contributed by atoms with van der Waals surface area (Å²) in [5.74, 6) is 0.775. The first-order valence-electron chi connectivity index (χ1n) is 6.40. The van der Waals surface area contributed by atoms with Crippen LogP contribution in [0, 0.1) is 5.92 Å². The number of piperidine rings is 1. The van der Waals surface area contributed by atoms with Gasteiger partial charge in [-0.2, -0.15) is 0 Å². The van der Waals surface area contributed by atoms with Gasteiger partial charge in [0, 0.05) is 24.2 Å². The maximum Gasteiger partial charge on any atom is 0.0471 e. The molecule has 1 heterocycles. The fourth-order valence-electron chi connectivity index (χ4n) is 2.72. The van der Waals surface area contributed by atoms with E-state index in [0.717, 1.165) is 24.0 Å². The number of halogens is 1. The predicted octanol–water partition coefficient (Wildman–Crippen LogP) is 3.07. The van der Waals surface area contributed by atoms with Crippen molar-refractivity contribution in [1.29, 1.82) is 0 Å². The molecule has 2 nitrogen and oxygen atoms in total. The summed E-state index contributed by atoms with van der Waals surface area (Å²) in [6.45, 7) is 5.28. The Balaban J connectivity index is 2.15. The van der Waals surface area contributed by atoms with Crippen molar-refractivity contribution in [3.05, 3.63) is 34.9 Å². The minimum Gasteiger partial charge on any atom is -0.329 e. The van der Waals surface area contributed by atoms with Gasteiger partial charge in [-0.3, -0.25) is 4.90 Å². The van der Waals surface area contributed by atoms with Gasteiger partial charge in [-0.25, -0.2) is 0 Å². The SMILES string of the molecule is C[C@@H]1CCCN([C@@H](CN)c2cccc(Cl)c2)C1. The largest absolute Gasteiger partial charge is 0.329 e. The zero-order chi connectivity index (χ0) is 12.3. The minimum atomic E-state index is 0.316. The molecule has 2 atom stereocenters. The maximum atomic E-state index is 6.05. The molecule has 0 aliphatic carbocycles. The molecule has 1 aromatic rings. The number of hydrogen-bond donors (Lipinski definition) is 1. The molecule has 94 valence electrons. The van der Waals surface area contributed by atoms with Crippen LogP contribution in [-0.2, 0) is 0 Å². The van der Waals surface area contributed by atoms with Crippen LogP contribution in [0.3, 0.4) is 0 Å². The van der Waals surface area contributed by atoms with Gasteiger partial charge in [0.25, 0.3) is 0 Å². The summed E-state index contributed by atoms with van der Waals surface area (Å²) in [5.41, 5.74) is 7.19. The quantitative estimate of drug-likeness (QED) is 0.896. The highest BCUT2D eigenvalue weighted by atomic mass is 35.5. The summed E-state index contributed by atoms with van der Waals surface area (Å²) in [6.07, 6.45) is 2.61. The maximum absolute atomic E-state index is 6.05. The molecule has 1 aliphatic heterocycles. The minimum absolute atomic E-state index is 0.316. The van der Waals surface area contributed by atoms with E-state index in [1.807, 2.05) is 18.2 Å². The summed E-state index contributed by atoms with van der Waals surface area (Å²) in [7, 11) is 0. The van der Waals surface area contributed by atoms with Crippen LogP contribution in [0.5, 0.6) is 0 Å². The van der Waals surface area contributed by atoms with E-state index in [4.69, 9.17) is 17.3 Å². The smallest absolute Gasteiger partial charge is 0.0471 e. The molecular weight excluding hydrogens is 232 g/mol. The zero-order valence-corrected chi connectivity index (χ0v) is 11.2. The molecular formula is C14H21ClN2. The summed E-state index contributed by atoms with van der Waals surface area (Å²) < 4.78 is 0. The van der Waals surface area contributed by atoms with Crippen LogP contribution in [0.15, 0.2) is 24.3 Å². The van der Waals surface area contributed by atoms with Crippen molar-refractivity contribution in [3.63, 3.8) is 0 Å². The van der Waals surface area contributed by atoms with E-state index in [0.29, 0.717) is 12.6 Å². The zero-order valence-electron chi connectivity index (χ0n) is 10.4. The van der Waals surface area contributed by atoms with Crippen LogP contribution >= 0.6 is 11.6 Å². The lowest BCUT2D eigenvalue weighted by Gasteiger charge is -2.37. The van der Waals surface area contributed by atoms with E-state index in [1.165, 1.54) is 18.4 Å². The number of rotatable bonds is 3. The van der Waals surface area contributed by atoms with Gasteiger partial charge in [0.2, 0.25) is 0 Å². The molecule has 0 spiro atoms. The average molecular weight is 253 g/mol. The second-order valence-corrected chi connectivity index (χ2v) is 5.49. The Labute approximate surface area is 109 Å². The molecule has 0 saturated carbocycles. The van der Waals surface area contributed by atoms with Crippen molar-refractivity contribution < 1.29 is 0 Å². The fourth-order valence-corrected chi connectivity index (χ4v) is 2.92. The lowest BCUT2D eigenvalue weighted by Crippen LogP contribution is -2.40. The van der Waals surface area contributed by atoms with Gasteiger partial charge in [0.05, 0.1) is 0 Å². The highest BCUT2D eigenvalue weighted by Gasteiger charge is 2.24. The summed E-state index contributed by atoms with van der Waals surface area (Å²) in [4.78, 5) is 2.50. The number of nitrogens with two attached hydrogens (primary N) is 1. The monoisotopic (exact) mass is 252 g/mol. The lowest BCUT2D eigenvalue weighted by atomic mass is 9.96. The Hall–Kier alpha value is -0.570. The van der Waals surface area contributed by atoms with E-state index < -0.39 is 0 Å². The molecule has 1 fully saturated rings. The molecule has 2 N–H and O–H groups in total. The van der Waals surface area contributed by atoms with Crippen molar-refractivity contribution in [2.75, 3.05) is 19.6 Å². The molecule has 0 bridgehead atoms. The van der Waals surface area contributed by atoms with Gasteiger partial charge in [-0.05, 0) is 43.0 Å². The molecule has 2 rings (SSSR count). The lowest BCUT2D eigenvalue weighted by molar-refractivity contribution is 0.133. The van der Waals surface area contributed by atoms with Crippen LogP contribution in [-0.4, -0.2) is 24.5 Å². The van der Waals surface area contributed by atoms with Crippen LogP contribution in [0.4, 0.5) is 0 Å². The molecule has 1 saturated heterocycles. The Morgan fingerprint density at radius 2 is 2.35 bits per heavy atom. The first kappa shape index (κ1) is 12.9. The van der Waals surface area contributed by atoms with E-state index in [9.17, 15) is 0 Å². The van der Waals surface area contributed by atoms with Gasteiger partial charge in [-0.15, -0.1) is 0 Å². The van der Waals surface area contributed by atoms with Crippen molar-refractivity contribution in [2.45, 2.75) is 25.8 Å². The predicted molar refractivity (Wildman–Crippen MR) is 73.2 cm³/mol. The molecule has 0 unspecified atom stereocenters. The van der Waals surface area contributed by atoms with Gasteiger partial charge >= 0.3 is 0 Å². The molecule has 0 amide bonds. The van der Waals surface area contributed by atoms with Gasteiger partial charge < -0.3 is 5.73 Å². The highest BCUT2D eigenvalue weighted by Crippen LogP contribution is 2.27. The van der Waals surface area contributed by atoms with Crippen molar-refractivity contribution in [1.82, 2.24) is 4.90 Å². The van der Waals surface area contributed by atoms with Crippen LogP contribution in [0.1, 0.15) is 31.4 Å². The average Bonchev–Trinajstić information content (AvgIpc) is 2.30. The third-order valence-corrected chi connectivity index (χ3v) is 3.82. The van der Waals surface area contributed by atoms with Gasteiger partial charge in [-0.1, -0.05) is 30.7 Å². The third kappa shape index (κ3) is 3.21. The second-order valence-electron chi connectivity index (χ2n) is 5.05. The van der Waals surface area contributed by atoms with E-state index in [2.05, 4.69) is 17.9 Å². The summed E-state index contributed by atoms with van der Waals surface area (Å²) in [6, 6.07) is 8.41. The van der Waals surface area contributed by atoms with Crippen molar-refractivity contribution >= 4 is 11.6 Å². The van der Waals surface area contributed by atoms with Crippen molar-refractivity contribution in [2.24, 2.45) is 11.7 Å². The Bertz CT molecular complexity index is 367. The van der Waals surface area contributed by atoms with E-state index >= 15 is 0 Å². The second kappa shape index (κ2) is 5.85. The Morgan fingerprint density at radius 1 is 1.53 bits per heavy atom. The number of likely N-dealkylation sites (tertiary alicyclic amines) is 1. The van der Waals surface area contributed by atoms with E-state index in [1.54, 1.807) is 0 Å². The number of benzene rings is 1. The molecule has 0 aromatic heterocycles. The first-order valence-corrected chi connectivity index (χ1v) is 6.78. The molecule has 1 aliphatic rings. The molecule has 17 heavy (non-hydrogen) atoms. The normalized spacial score (nSPS) is 23.6. The molecule has 1 aromatic carbocycles. The Morgan fingerprint density at radius 3 is 3.00 bits per heavy atom. The summed E-state index contributed by atoms with van der Waals surface area (Å²) >= 11 is 6.05. The third-order valence-electron chi connectivity index (χ3n) is 3.59. The summed E-state index contributed by atoms with van der Waals surface area (Å²) in [5, 5.41) is 0.797. The van der Waals surface area contributed by atoms with E-state index in [-0.39, 0.29) is 0 Å².